The van der Waals surface area contributed by atoms with E-state index in [4.69, 9.17) is 17.6 Å². The second-order valence-corrected chi connectivity index (χ2v) is 5.89. The molecule has 0 radical (unpaired) electrons. The maximum absolute atomic E-state index is 11.6. The van der Waals surface area contributed by atoms with Crippen LogP contribution in [0.15, 0.2) is 48.8 Å². The fourth-order valence-corrected chi connectivity index (χ4v) is 3.11. The summed E-state index contributed by atoms with van der Waals surface area (Å²) in [6.07, 6.45) is 3.98. The van der Waals surface area contributed by atoms with Crippen molar-refractivity contribution in [3.8, 4) is 0 Å². The van der Waals surface area contributed by atoms with E-state index in [1.807, 2.05) is 43.5 Å². The molecule has 0 aliphatic heterocycles. The van der Waals surface area contributed by atoms with Gasteiger partial charge in [-0.3, -0.25) is 4.98 Å². The molecule has 6 heteroatoms. The van der Waals surface area contributed by atoms with Crippen LogP contribution in [0.2, 0.25) is 0 Å². The van der Waals surface area contributed by atoms with Crippen LogP contribution in [0, 0.1) is 6.92 Å². The predicted molar refractivity (Wildman–Crippen MR) is 93.6 cm³/mol. The van der Waals surface area contributed by atoms with Gasteiger partial charge >= 0.3 is 5.97 Å². The Morgan fingerprint density at radius 2 is 2.12 bits per heavy atom. The topological polar surface area (TPSA) is 70.1 Å². The molecule has 1 atom stereocenters. The number of aromatic nitrogens is 2. The maximum Gasteiger partial charge on any atom is 0.341 e. The van der Waals surface area contributed by atoms with Gasteiger partial charge in [-0.25, -0.2) is 4.79 Å². The Morgan fingerprint density at radius 1 is 1.33 bits per heavy atom. The fraction of sp³-hybridized carbons (Fsp3) is 0.222. The van der Waals surface area contributed by atoms with E-state index in [0.717, 1.165) is 27.7 Å². The van der Waals surface area contributed by atoms with E-state index >= 15 is 0 Å². The van der Waals surface area contributed by atoms with Crippen LogP contribution in [0.3, 0.4) is 0 Å². The Kier molecular flexibility index (Phi) is 4.83. The SMILES string of the molecule is Cc1c(C[C@H](N)C(=O)OCl)c2ccccc2n1Cc1cccnc1. The molecule has 0 amide bonds. The van der Waals surface area contributed by atoms with Crippen LogP contribution in [0.5, 0.6) is 0 Å². The summed E-state index contributed by atoms with van der Waals surface area (Å²) < 4.78 is 6.44. The van der Waals surface area contributed by atoms with Crippen LogP contribution < -0.4 is 5.73 Å². The van der Waals surface area contributed by atoms with Gasteiger partial charge in [-0.2, -0.15) is 0 Å². The smallest absolute Gasteiger partial charge is 0.341 e. The fourth-order valence-electron chi connectivity index (χ4n) is 3.00. The zero-order valence-electron chi connectivity index (χ0n) is 13.3. The number of benzene rings is 1. The van der Waals surface area contributed by atoms with Crippen LogP contribution in [0.1, 0.15) is 16.8 Å². The van der Waals surface area contributed by atoms with Crippen LogP contribution in [-0.2, 0) is 22.0 Å². The van der Waals surface area contributed by atoms with Crippen LogP contribution in [0.25, 0.3) is 10.9 Å². The first-order valence-corrected chi connectivity index (χ1v) is 7.96. The summed E-state index contributed by atoms with van der Waals surface area (Å²) in [5.41, 5.74) is 10.2. The van der Waals surface area contributed by atoms with E-state index in [1.54, 1.807) is 6.20 Å². The van der Waals surface area contributed by atoms with Gasteiger partial charge in [0, 0.05) is 42.0 Å². The van der Waals surface area contributed by atoms with Gasteiger partial charge in [0.05, 0.1) is 0 Å². The largest absolute Gasteiger partial charge is 0.346 e. The second-order valence-electron chi connectivity index (χ2n) is 5.74. The van der Waals surface area contributed by atoms with Crippen LogP contribution >= 0.6 is 11.9 Å². The second kappa shape index (κ2) is 7.03. The van der Waals surface area contributed by atoms with Gasteiger partial charge in [0.1, 0.15) is 17.9 Å². The van der Waals surface area contributed by atoms with Crippen molar-refractivity contribution < 1.29 is 9.08 Å². The van der Waals surface area contributed by atoms with Crippen LogP contribution in [-0.4, -0.2) is 21.6 Å². The molecule has 24 heavy (non-hydrogen) atoms. The normalized spacial score (nSPS) is 12.3. The first-order valence-electron chi connectivity index (χ1n) is 7.65. The van der Waals surface area contributed by atoms with Crippen molar-refractivity contribution in [2.45, 2.75) is 25.9 Å². The third-order valence-electron chi connectivity index (χ3n) is 4.23. The lowest BCUT2D eigenvalue weighted by molar-refractivity contribution is -0.135. The highest BCUT2D eigenvalue weighted by molar-refractivity contribution is 6.13. The molecular formula is C18H18ClN3O2. The number of hydrogen-bond donors (Lipinski definition) is 1. The first-order chi connectivity index (χ1) is 11.6. The summed E-state index contributed by atoms with van der Waals surface area (Å²) in [5.74, 6) is -0.625. The summed E-state index contributed by atoms with van der Waals surface area (Å²) in [5, 5.41) is 1.08. The van der Waals surface area contributed by atoms with Crippen molar-refractivity contribution in [2.75, 3.05) is 0 Å². The molecule has 1 aromatic carbocycles. The molecule has 0 aliphatic carbocycles. The minimum absolute atomic E-state index is 0.373. The van der Waals surface area contributed by atoms with E-state index in [0.29, 0.717) is 13.0 Å². The van der Waals surface area contributed by atoms with E-state index in [1.165, 1.54) is 0 Å². The molecule has 2 heterocycles. The molecule has 0 saturated heterocycles. The summed E-state index contributed by atoms with van der Waals surface area (Å²) >= 11 is 5.14. The van der Waals surface area contributed by atoms with Crippen molar-refractivity contribution in [1.29, 1.82) is 0 Å². The molecule has 0 saturated carbocycles. The average molecular weight is 344 g/mol. The lowest BCUT2D eigenvalue weighted by Gasteiger charge is -2.10. The Labute approximate surface area is 145 Å². The average Bonchev–Trinajstić information content (AvgIpc) is 2.88. The van der Waals surface area contributed by atoms with Gasteiger partial charge < -0.3 is 14.6 Å². The highest BCUT2D eigenvalue weighted by Crippen LogP contribution is 2.27. The van der Waals surface area contributed by atoms with Crippen molar-refractivity contribution in [3.63, 3.8) is 0 Å². The van der Waals surface area contributed by atoms with Gasteiger partial charge in [-0.15, -0.1) is 0 Å². The van der Waals surface area contributed by atoms with Crippen molar-refractivity contribution in [2.24, 2.45) is 5.73 Å². The Balaban J connectivity index is 2.04. The zero-order chi connectivity index (χ0) is 17.1. The molecule has 3 rings (SSSR count). The summed E-state index contributed by atoms with van der Waals surface area (Å²) in [6, 6.07) is 11.2. The molecule has 0 unspecified atom stereocenters. The highest BCUT2D eigenvalue weighted by Gasteiger charge is 2.21. The third-order valence-corrected chi connectivity index (χ3v) is 4.38. The number of halogens is 1. The summed E-state index contributed by atoms with van der Waals surface area (Å²) in [4.78, 5) is 15.7. The highest BCUT2D eigenvalue weighted by atomic mass is 35.5. The number of nitrogens with two attached hydrogens (primary N) is 1. The van der Waals surface area contributed by atoms with E-state index in [9.17, 15) is 4.79 Å². The van der Waals surface area contributed by atoms with Crippen LogP contribution in [0.4, 0.5) is 0 Å². The Hall–Kier alpha value is -2.37. The van der Waals surface area contributed by atoms with Gasteiger partial charge in [-0.1, -0.05) is 24.3 Å². The molecule has 5 nitrogen and oxygen atoms in total. The first kappa shape index (κ1) is 16.5. The third kappa shape index (κ3) is 3.13. The van der Waals surface area contributed by atoms with Gasteiger partial charge in [0.2, 0.25) is 0 Å². The maximum atomic E-state index is 11.6. The summed E-state index contributed by atoms with van der Waals surface area (Å²) in [6.45, 7) is 2.74. The monoisotopic (exact) mass is 343 g/mol. The minimum Gasteiger partial charge on any atom is -0.346 e. The lowest BCUT2D eigenvalue weighted by Crippen LogP contribution is -2.33. The number of pyridine rings is 1. The number of fused-ring (bicyclic) bond motifs is 1. The molecular weight excluding hydrogens is 326 g/mol. The molecule has 0 aliphatic rings. The van der Waals surface area contributed by atoms with Gasteiger partial charge in [0.25, 0.3) is 0 Å². The van der Waals surface area contributed by atoms with E-state index in [-0.39, 0.29) is 0 Å². The molecule has 0 spiro atoms. The van der Waals surface area contributed by atoms with E-state index < -0.39 is 12.0 Å². The Bertz CT molecular complexity index is 861. The summed E-state index contributed by atoms with van der Waals surface area (Å²) in [7, 11) is 0. The molecule has 2 N–H and O–H groups in total. The number of hydrogen-bond acceptors (Lipinski definition) is 4. The molecule has 3 aromatic rings. The molecule has 2 aromatic heterocycles. The predicted octanol–water partition coefficient (Wildman–Crippen LogP) is 2.96. The van der Waals surface area contributed by atoms with Crippen molar-refractivity contribution >= 4 is 28.7 Å². The minimum atomic E-state index is -0.793. The Morgan fingerprint density at radius 3 is 2.83 bits per heavy atom. The van der Waals surface area contributed by atoms with Crippen molar-refractivity contribution in [1.82, 2.24) is 9.55 Å². The number of nitrogens with zero attached hydrogens (tertiary/aromatic N) is 2. The molecule has 0 bridgehead atoms. The molecule has 124 valence electrons. The standard InChI is InChI=1S/C18H18ClN3O2/c1-12-15(9-16(20)18(23)24-19)14-6-2-3-7-17(14)22(12)11-13-5-4-8-21-10-13/h2-8,10,16H,9,11,20H2,1H3/t16-/m0/s1. The molecule has 0 fully saturated rings. The number of rotatable bonds is 5. The van der Waals surface area contributed by atoms with Crippen molar-refractivity contribution in [3.05, 3.63) is 65.6 Å². The quantitative estimate of drug-likeness (QED) is 0.773. The number of para-hydroxylation sites is 1. The van der Waals surface area contributed by atoms with Gasteiger partial charge in [-0.05, 0) is 30.2 Å². The number of carbonyl (C=O) groups is 1. The van der Waals surface area contributed by atoms with E-state index in [2.05, 4.69) is 19.9 Å². The lowest BCUT2D eigenvalue weighted by atomic mass is 10.0. The zero-order valence-corrected chi connectivity index (χ0v) is 14.0. The van der Waals surface area contributed by atoms with Gasteiger partial charge in [0.15, 0.2) is 0 Å². The number of carbonyl (C=O) groups excluding carboxylic acids is 1.